The van der Waals surface area contributed by atoms with Gasteiger partial charge < -0.3 is 23.8 Å². The Bertz CT molecular complexity index is 818. The molecule has 0 spiro atoms. The molecule has 26 heavy (non-hydrogen) atoms. The number of ether oxygens (including phenoxy) is 4. The highest BCUT2D eigenvalue weighted by Gasteiger charge is 2.34. The van der Waals surface area contributed by atoms with Crippen molar-refractivity contribution >= 4 is 17.7 Å². The maximum atomic E-state index is 13.3. The van der Waals surface area contributed by atoms with Crippen LogP contribution in [0, 0.1) is 0 Å². The molecule has 0 saturated carbocycles. The van der Waals surface area contributed by atoms with Gasteiger partial charge in [0.05, 0.1) is 14.2 Å². The number of hydrogen-bond acceptors (Lipinski definition) is 6. The number of fused-ring (bicyclic) bond motifs is 1. The van der Waals surface area contributed by atoms with Gasteiger partial charge in [-0.1, -0.05) is 12.1 Å². The van der Waals surface area contributed by atoms with Gasteiger partial charge in [0.15, 0.2) is 11.5 Å². The monoisotopic (exact) mass is 373 g/mol. The predicted octanol–water partition coefficient (Wildman–Crippen LogP) is 3.32. The molecule has 2 aromatic carbocycles. The van der Waals surface area contributed by atoms with E-state index >= 15 is 0 Å². The Balaban J connectivity index is 1.68. The van der Waals surface area contributed by atoms with Crippen LogP contribution in [0.15, 0.2) is 36.4 Å². The van der Waals surface area contributed by atoms with Gasteiger partial charge in [0.1, 0.15) is 22.4 Å². The van der Waals surface area contributed by atoms with Gasteiger partial charge >= 0.3 is 0 Å². The molecule has 136 valence electrons. The summed E-state index contributed by atoms with van der Waals surface area (Å²) in [4.78, 5) is 15.2. The molecule has 4 rings (SSSR count). The van der Waals surface area contributed by atoms with Crippen molar-refractivity contribution in [2.45, 2.75) is 5.37 Å². The molecule has 0 unspecified atom stereocenters. The van der Waals surface area contributed by atoms with Crippen molar-refractivity contribution in [2.75, 3.05) is 33.3 Å². The summed E-state index contributed by atoms with van der Waals surface area (Å²) in [5, 5.41) is -0.0911. The van der Waals surface area contributed by atoms with Crippen LogP contribution in [0.3, 0.4) is 0 Å². The van der Waals surface area contributed by atoms with Crippen molar-refractivity contribution in [2.24, 2.45) is 0 Å². The minimum absolute atomic E-state index is 0.0911. The fourth-order valence-electron chi connectivity index (χ4n) is 3.23. The summed E-state index contributed by atoms with van der Waals surface area (Å²) < 4.78 is 21.7. The first-order chi connectivity index (χ1) is 12.7. The van der Waals surface area contributed by atoms with Gasteiger partial charge in [0, 0.05) is 12.3 Å². The van der Waals surface area contributed by atoms with Gasteiger partial charge in [-0.05, 0) is 29.8 Å². The minimum Gasteiger partial charge on any atom is -0.496 e. The van der Waals surface area contributed by atoms with E-state index in [-0.39, 0.29) is 18.1 Å². The molecule has 0 bridgehead atoms. The highest BCUT2D eigenvalue weighted by Crippen LogP contribution is 2.44. The van der Waals surface area contributed by atoms with E-state index in [1.54, 1.807) is 38.1 Å². The second-order valence-electron chi connectivity index (χ2n) is 5.87. The Kier molecular flexibility index (Phi) is 4.55. The van der Waals surface area contributed by atoms with Crippen LogP contribution >= 0.6 is 11.8 Å². The first kappa shape index (κ1) is 16.9. The fraction of sp³-hybridized carbons (Fsp3) is 0.316. The molecule has 2 aliphatic rings. The lowest BCUT2D eigenvalue weighted by Gasteiger charge is -2.25. The van der Waals surface area contributed by atoms with Gasteiger partial charge in [-0.15, -0.1) is 11.8 Å². The second-order valence-corrected chi connectivity index (χ2v) is 7.06. The third-order valence-electron chi connectivity index (χ3n) is 4.48. The third kappa shape index (κ3) is 2.82. The van der Waals surface area contributed by atoms with Gasteiger partial charge in [0.25, 0.3) is 5.91 Å². The Morgan fingerprint density at radius 1 is 1.12 bits per heavy atom. The summed E-state index contributed by atoms with van der Waals surface area (Å²) in [6.07, 6.45) is 0. The third-order valence-corrected chi connectivity index (χ3v) is 5.74. The number of rotatable bonds is 4. The normalized spacial score (nSPS) is 18.1. The molecule has 2 heterocycles. The molecule has 2 aliphatic heterocycles. The van der Waals surface area contributed by atoms with Gasteiger partial charge in [0.2, 0.25) is 6.79 Å². The van der Waals surface area contributed by atoms with Crippen molar-refractivity contribution in [1.29, 1.82) is 0 Å². The first-order valence-electron chi connectivity index (χ1n) is 8.26. The van der Waals surface area contributed by atoms with E-state index in [4.69, 9.17) is 18.9 Å². The maximum Gasteiger partial charge on any atom is 0.262 e. The van der Waals surface area contributed by atoms with E-state index in [1.165, 1.54) is 0 Å². The molecule has 1 amide bonds. The molecule has 1 atom stereocenters. The summed E-state index contributed by atoms with van der Waals surface area (Å²) in [6, 6.07) is 11.2. The Hall–Kier alpha value is -2.54. The second kappa shape index (κ2) is 6.99. The predicted molar refractivity (Wildman–Crippen MR) is 98.3 cm³/mol. The summed E-state index contributed by atoms with van der Waals surface area (Å²) in [5.41, 5.74) is 1.46. The average molecular weight is 373 g/mol. The quantitative estimate of drug-likeness (QED) is 0.820. The van der Waals surface area contributed by atoms with Crippen LogP contribution in [0.2, 0.25) is 0 Å². The molecular weight excluding hydrogens is 354 g/mol. The van der Waals surface area contributed by atoms with Crippen molar-refractivity contribution in [3.63, 3.8) is 0 Å². The fourth-order valence-corrected chi connectivity index (χ4v) is 4.47. The molecule has 2 aromatic rings. The molecule has 0 aromatic heterocycles. The largest absolute Gasteiger partial charge is 0.496 e. The molecule has 0 radical (unpaired) electrons. The van der Waals surface area contributed by atoms with Crippen molar-refractivity contribution < 1.29 is 23.7 Å². The molecule has 0 aliphatic carbocycles. The first-order valence-corrected chi connectivity index (χ1v) is 9.31. The number of carbonyl (C=O) groups excluding carboxylic acids is 1. The average Bonchev–Trinajstić information content (AvgIpc) is 3.35. The number of carbonyl (C=O) groups is 1. The summed E-state index contributed by atoms with van der Waals surface area (Å²) in [5.74, 6) is 3.24. The Labute approximate surface area is 156 Å². The maximum absolute atomic E-state index is 13.3. The number of nitrogens with zero attached hydrogens (tertiary/aromatic N) is 1. The molecule has 6 nitrogen and oxygen atoms in total. The van der Waals surface area contributed by atoms with Crippen LogP contribution in [-0.4, -0.2) is 44.1 Å². The smallest absolute Gasteiger partial charge is 0.262 e. The highest BCUT2D eigenvalue weighted by molar-refractivity contribution is 7.99. The topological polar surface area (TPSA) is 57.2 Å². The standard InChI is InChI=1S/C19H19NO5S/c1-22-14-4-3-5-15(23-2)17(14)18(21)20-8-9-26-19(20)12-6-7-13-16(10-12)25-11-24-13/h3-7,10,19H,8-9,11H2,1-2H3/t19-/m1/s1. The van der Waals surface area contributed by atoms with E-state index in [0.717, 1.165) is 22.8 Å². The Morgan fingerprint density at radius 3 is 2.58 bits per heavy atom. The number of benzene rings is 2. The van der Waals surface area contributed by atoms with Gasteiger partial charge in [-0.25, -0.2) is 0 Å². The lowest BCUT2D eigenvalue weighted by atomic mass is 10.1. The number of thioether (sulfide) groups is 1. The van der Waals surface area contributed by atoms with Crippen molar-refractivity contribution in [3.8, 4) is 23.0 Å². The number of methoxy groups -OCH3 is 2. The lowest BCUT2D eigenvalue weighted by Crippen LogP contribution is -2.31. The van der Waals surface area contributed by atoms with Gasteiger partial charge in [-0.2, -0.15) is 0 Å². The zero-order chi connectivity index (χ0) is 18.1. The summed E-state index contributed by atoms with van der Waals surface area (Å²) in [6.45, 7) is 0.890. The SMILES string of the molecule is COc1cccc(OC)c1C(=O)N1CCS[C@@H]1c1ccc2c(c1)OCO2. The van der Waals surface area contributed by atoms with Gasteiger partial charge in [-0.3, -0.25) is 4.79 Å². The van der Waals surface area contributed by atoms with Crippen LogP contribution in [0.25, 0.3) is 0 Å². The Morgan fingerprint density at radius 2 is 1.85 bits per heavy atom. The number of amides is 1. The minimum atomic E-state index is -0.105. The van der Waals surface area contributed by atoms with E-state index in [1.807, 2.05) is 29.2 Å². The van der Waals surface area contributed by atoms with E-state index < -0.39 is 0 Å². The molecule has 1 saturated heterocycles. The van der Waals surface area contributed by atoms with Crippen LogP contribution in [0.5, 0.6) is 23.0 Å². The lowest BCUT2D eigenvalue weighted by molar-refractivity contribution is 0.0753. The molecule has 7 heteroatoms. The zero-order valence-corrected chi connectivity index (χ0v) is 15.4. The van der Waals surface area contributed by atoms with E-state index in [0.29, 0.717) is 23.6 Å². The molecule has 0 N–H and O–H groups in total. The summed E-state index contributed by atoms with van der Waals surface area (Å²) >= 11 is 1.73. The van der Waals surface area contributed by atoms with Crippen LogP contribution < -0.4 is 18.9 Å². The summed E-state index contributed by atoms with van der Waals surface area (Å²) in [7, 11) is 3.11. The van der Waals surface area contributed by atoms with E-state index in [9.17, 15) is 4.79 Å². The zero-order valence-electron chi connectivity index (χ0n) is 14.6. The highest BCUT2D eigenvalue weighted by atomic mass is 32.2. The van der Waals surface area contributed by atoms with Crippen LogP contribution in [-0.2, 0) is 0 Å². The van der Waals surface area contributed by atoms with E-state index in [2.05, 4.69) is 0 Å². The number of hydrogen-bond donors (Lipinski definition) is 0. The van der Waals surface area contributed by atoms with Crippen LogP contribution in [0.1, 0.15) is 21.3 Å². The molecule has 1 fully saturated rings. The molecular formula is C19H19NO5S. The van der Waals surface area contributed by atoms with Crippen molar-refractivity contribution in [1.82, 2.24) is 4.90 Å². The van der Waals surface area contributed by atoms with Crippen molar-refractivity contribution in [3.05, 3.63) is 47.5 Å². The van der Waals surface area contributed by atoms with Crippen LogP contribution in [0.4, 0.5) is 0 Å².